The summed E-state index contributed by atoms with van der Waals surface area (Å²) in [6.07, 6.45) is -1.19. The van der Waals surface area contributed by atoms with Crippen molar-refractivity contribution in [1.82, 2.24) is 5.16 Å². The number of esters is 1. The Labute approximate surface area is 179 Å². The van der Waals surface area contributed by atoms with Crippen molar-refractivity contribution >= 4 is 28.5 Å². The third-order valence-electron chi connectivity index (χ3n) is 5.00. The molecule has 1 amide bonds. The van der Waals surface area contributed by atoms with Crippen molar-refractivity contribution in [2.24, 2.45) is 0 Å². The van der Waals surface area contributed by atoms with E-state index in [9.17, 15) is 9.59 Å². The van der Waals surface area contributed by atoms with Crippen LogP contribution in [0.1, 0.15) is 28.5 Å². The van der Waals surface area contributed by atoms with E-state index in [4.69, 9.17) is 9.26 Å². The van der Waals surface area contributed by atoms with E-state index in [0.29, 0.717) is 22.5 Å². The molecule has 0 aliphatic carbocycles. The van der Waals surface area contributed by atoms with Gasteiger partial charge in [-0.25, -0.2) is 0 Å². The van der Waals surface area contributed by atoms with E-state index < -0.39 is 18.0 Å². The Morgan fingerprint density at radius 3 is 2.55 bits per heavy atom. The third-order valence-corrected chi connectivity index (χ3v) is 5.00. The maximum Gasteiger partial charge on any atom is 0.313 e. The summed E-state index contributed by atoms with van der Waals surface area (Å²) in [4.78, 5) is 25.8. The number of carbonyl (C=O) groups excluding carboxylic acids is 2. The van der Waals surface area contributed by atoms with Crippen molar-refractivity contribution in [2.75, 3.05) is 5.32 Å². The smallest absolute Gasteiger partial charge is 0.313 e. The summed E-state index contributed by atoms with van der Waals surface area (Å²) >= 11 is 0. The van der Waals surface area contributed by atoms with Gasteiger partial charge in [-0.15, -0.1) is 0 Å². The highest BCUT2D eigenvalue weighted by Crippen LogP contribution is 2.24. The van der Waals surface area contributed by atoms with Gasteiger partial charge in [-0.05, 0) is 43.2 Å². The van der Waals surface area contributed by atoms with Gasteiger partial charge in [-0.2, -0.15) is 0 Å². The molecule has 1 N–H and O–H groups in total. The Morgan fingerprint density at radius 2 is 1.74 bits per heavy atom. The molecule has 0 spiro atoms. The van der Waals surface area contributed by atoms with Crippen LogP contribution in [-0.2, 0) is 20.7 Å². The summed E-state index contributed by atoms with van der Waals surface area (Å²) in [6, 6.07) is 22.0. The standard InChI is InChI=1S/C25H22N2O4/c1-16-12-13-17(2)20(14-16)26-25(29)24(18-8-4-3-5-9-18)30-23(28)15-21-19-10-6-7-11-22(19)31-27-21/h3-14,24H,15H2,1-2H3,(H,26,29). The number of rotatable bonds is 6. The Bertz CT molecular complexity index is 1230. The normalized spacial score (nSPS) is 11.8. The average Bonchev–Trinajstić information content (AvgIpc) is 3.18. The molecular weight excluding hydrogens is 392 g/mol. The maximum absolute atomic E-state index is 13.1. The van der Waals surface area contributed by atoms with Crippen LogP contribution in [0.5, 0.6) is 0 Å². The molecular formula is C25H22N2O4. The minimum absolute atomic E-state index is 0.100. The van der Waals surface area contributed by atoms with Crippen LogP contribution in [0.3, 0.4) is 0 Å². The molecule has 0 fully saturated rings. The van der Waals surface area contributed by atoms with Gasteiger partial charge in [0.25, 0.3) is 5.91 Å². The maximum atomic E-state index is 13.1. The number of aryl methyl sites for hydroxylation is 2. The molecule has 3 aromatic carbocycles. The van der Waals surface area contributed by atoms with Crippen molar-refractivity contribution in [3.63, 3.8) is 0 Å². The Balaban J connectivity index is 1.56. The number of ether oxygens (including phenoxy) is 1. The van der Waals surface area contributed by atoms with Crippen LogP contribution < -0.4 is 5.32 Å². The molecule has 4 rings (SSSR count). The number of amides is 1. The lowest BCUT2D eigenvalue weighted by molar-refractivity contribution is -0.154. The fourth-order valence-corrected chi connectivity index (χ4v) is 3.34. The van der Waals surface area contributed by atoms with Crippen molar-refractivity contribution in [3.8, 4) is 0 Å². The molecule has 0 aliphatic heterocycles. The lowest BCUT2D eigenvalue weighted by Crippen LogP contribution is -2.26. The third kappa shape index (κ3) is 4.64. The van der Waals surface area contributed by atoms with Crippen molar-refractivity contribution < 1.29 is 18.8 Å². The van der Waals surface area contributed by atoms with Gasteiger partial charge in [0.05, 0.1) is 6.42 Å². The number of hydrogen-bond donors (Lipinski definition) is 1. The second kappa shape index (κ2) is 8.83. The summed E-state index contributed by atoms with van der Waals surface area (Å²) in [5.41, 5.74) is 4.28. The van der Waals surface area contributed by atoms with Crippen molar-refractivity contribution in [3.05, 3.63) is 95.2 Å². The molecule has 0 radical (unpaired) electrons. The molecule has 6 nitrogen and oxygen atoms in total. The fraction of sp³-hybridized carbons (Fsp3) is 0.160. The minimum atomic E-state index is -1.09. The number of benzene rings is 3. The first-order valence-electron chi connectivity index (χ1n) is 9.97. The Kier molecular flexibility index (Phi) is 5.80. The van der Waals surface area contributed by atoms with Gasteiger partial charge in [0.2, 0.25) is 6.10 Å². The van der Waals surface area contributed by atoms with Gasteiger partial charge < -0.3 is 14.6 Å². The molecule has 4 aromatic rings. The second-order valence-corrected chi connectivity index (χ2v) is 7.39. The van der Waals surface area contributed by atoms with Crippen molar-refractivity contribution in [1.29, 1.82) is 0 Å². The van der Waals surface area contributed by atoms with E-state index in [1.165, 1.54) is 0 Å². The lowest BCUT2D eigenvalue weighted by Gasteiger charge is -2.19. The van der Waals surface area contributed by atoms with E-state index in [1.807, 2.05) is 56.3 Å². The van der Waals surface area contributed by atoms with E-state index >= 15 is 0 Å². The fourth-order valence-electron chi connectivity index (χ4n) is 3.34. The highest BCUT2D eigenvalue weighted by molar-refractivity contribution is 5.97. The Morgan fingerprint density at radius 1 is 1.00 bits per heavy atom. The first kappa shape index (κ1) is 20.3. The van der Waals surface area contributed by atoms with Crippen LogP contribution in [0.15, 0.2) is 77.3 Å². The number of nitrogens with one attached hydrogen (secondary N) is 1. The zero-order chi connectivity index (χ0) is 21.8. The number of aromatic nitrogens is 1. The summed E-state index contributed by atoms with van der Waals surface area (Å²) in [5.74, 6) is -0.984. The number of nitrogens with zero attached hydrogens (tertiary/aromatic N) is 1. The molecule has 31 heavy (non-hydrogen) atoms. The van der Waals surface area contributed by atoms with Gasteiger partial charge >= 0.3 is 5.97 Å². The number of carbonyl (C=O) groups is 2. The van der Waals surface area contributed by atoms with Crippen LogP contribution >= 0.6 is 0 Å². The van der Waals surface area contributed by atoms with E-state index in [1.54, 1.807) is 30.3 Å². The molecule has 1 heterocycles. The van der Waals surface area contributed by atoms with Crippen molar-refractivity contribution in [2.45, 2.75) is 26.4 Å². The SMILES string of the molecule is Cc1ccc(C)c(NC(=O)C(OC(=O)Cc2noc3ccccc23)c2ccccc2)c1. The molecule has 0 saturated carbocycles. The summed E-state index contributed by atoms with van der Waals surface area (Å²) < 4.78 is 10.9. The zero-order valence-corrected chi connectivity index (χ0v) is 17.3. The number of para-hydroxylation sites is 1. The van der Waals surface area contributed by atoms with Gasteiger partial charge in [-0.3, -0.25) is 9.59 Å². The molecule has 1 atom stereocenters. The van der Waals surface area contributed by atoms with Gasteiger partial charge in [0.1, 0.15) is 5.69 Å². The molecule has 1 unspecified atom stereocenters. The zero-order valence-electron chi connectivity index (χ0n) is 17.3. The van der Waals surface area contributed by atoms with Gasteiger partial charge in [-0.1, -0.05) is 59.8 Å². The molecule has 0 saturated heterocycles. The van der Waals surface area contributed by atoms with E-state index in [2.05, 4.69) is 10.5 Å². The topological polar surface area (TPSA) is 81.4 Å². The lowest BCUT2D eigenvalue weighted by atomic mass is 10.1. The largest absolute Gasteiger partial charge is 0.447 e. The quantitative estimate of drug-likeness (QED) is 0.453. The minimum Gasteiger partial charge on any atom is -0.447 e. The summed E-state index contributed by atoms with van der Waals surface area (Å²) in [5, 5.41) is 7.61. The van der Waals surface area contributed by atoms with Crippen LogP contribution in [0.4, 0.5) is 5.69 Å². The van der Waals surface area contributed by atoms with Crippen LogP contribution in [-0.4, -0.2) is 17.0 Å². The molecule has 0 aliphatic rings. The van der Waals surface area contributed by atoms with E-state index in [-0.39, 0.29) is 6.42 Å². The first-order chi connectivity index (χ1) is 15.0. The number of hydrogen-bond acceptors (Lipinski definition) is 5. The second-order valence-electron chi connectivity index (χ2n) is 7.39. The number of fused-ring (bicyclic) bond motifs is 1. The van der Waals surface area contributed by atoms with E-state index in [0.717, 1.165) is 16.5 Å². The number of anilines is 1. The Hall–Kier alpha value is -3.93. The molecule has 156 valence electrons. The van der Waals surface area contributed by atoms with Gasteiger partial charge in [0, 0.05) is 16.6 Å². The van der Waals surface area contributed by atoms with Gasteiger partial charge in [0.15, 0.2) is 5.58 Å². The van der Waals surface area contributed by atoms with Crippen LogP contribution in [0, 0.1) is 13.8 Å². The molecule has 0 bridgehead atoms. The predicted octanol–water partition coefficient (Wildman–Crippen LogP) is 4.91. The monoisotopic (exact) mass is 414 g/mol. The average molecular weight is 414 g/mol. The highest BCUT2D eigenvalue weighted by Gasteiger charge is 2.26. The summed E-state index contributed by atoms with van der Waals surface area (Å²) in [7, 11) is 0. The predicted molar refractivity (Wildman–Crippen MR) is 118 cm³/mol. The first-order valence-corrected chi connectivity index (χ1v) is 9.97. The van der Waals surface area contributed by atoms with Crippen LogP contribution in [0.2, 0.25) is 0 Å². The summed E-state index contributed by atoms with van der Waals surface area (Å²) in [6.45, 7) is 3.86. The van der Waals surface area contributed by atoms with Crippen LogP contribution in [0.25, 0.3) is 11.0 Å². The highest BCUT2D eigenvalue weighted by atomic mass is 16.5. The molecule has 6 heteroatoms. The molecule has 1 aromatic heterocycles.